The van der Waals surface area contributed by atoms with Crippen LogP contribution in [0, 0.1) is 0 Å². The van der Waals surface area contributed by atoms with E-state index in [1.54, 1.807) is 12.4 Å². The first-order chi connectivity index (χ1) is 8.43. The van der Waals surface area contributed by atoms with Crippen molar-refractivity contribution in [1.82, 2.24) is 9.97 Å². The first kappa shape index (κ1) is 9.78. The molecule has 82 valence electrons. The molecule has 3 rings (SSSR count). The average Bonchev–Trinajstić information content (AvgIpc) is 2.40. The van der Waals surface area contributed by atoms with Gasteiger partial charge in [0.1, 0.15) is 0 Å². The SMILES string of the molecule is c1ccc2c(Nc3ccncc3)cncc2c1. The van der Waals surface area contributed by atoms with Crippen LogP contribution in [0.3, 0.4) is 0 Å². The molecule has 2 heterocycles. The summed E-state index contributed by atoms with van der Waals surface area (Å²) in [5, 5.41) is 5.64. The fourth-order valence-corrected chi connectivity index (χ4v) is 1.81. The molecule has 0 saturated heterocycles. The highest BCUT2D eigenvalue weighted by atomic mass is 14.9. The molecule has 3 nitrogen and oxygen atoms in total. The highest BCUT2D eigenvalue weighted by Gasteiger charge is 2.00. The lowest BCUT2D eigenvalue weighted by molar-refractivity contribution is 1.32. The third-order valence-electron chi connectivity index (χ3n) is 2.63. The van der Waals surface area contributed by atoms with Crippen molar-refractivity contribution in [3.8, 4) is 0 Å². The van der Waals surface area contributed by atoms with E-state index in [0.717, 1.165) is 16.8 Å². The van der Waals surface area contributed by atoms with Crippen molar-refractivity contribution in [2.75, 3.05) is 5.32 Å². The van der Waals surface area contributed by atoms with E-state index in [1.807, 2.05) is 36.7 Å². The summed E-state index contributed by atoms with van der Waals surface area (Å²) in [4.78, 5) is 8.22. The standard InChI is InChI=1S/C14H11N3/c1-2-4-13-11(3-1)9-16-10-14(13)17-12-5-7-15-8-6-12/h1-10H,(H,15,17). The smallest absolute Gasteiger partial charge is 0.0650 e. The lowest BCUT2D eigenvalue weighted by Gasteiger charge is -2.08. The van der Waals surface area contributed by atoms with Gasteiger partial charge in [0.2, 0.25) is 0 Å². The Morgan fingerprint density at radius 2 is 1.65 bits per heavy atom. The molecule has 0 spiro atoms. The summed E-state index contributed by atoms with van der Waals surface area (Å²) in [6, 6.07) is 12.0. The molecule has 17 heavy (non-hydrogen) atoms. The molecule has 0 atom stereocenters. The molecule has 1 aromatic carbocycles. The Morgan fingerprint density at radius 3 is 2.53 bits per heavy atom. The van der Waals surface area contributed by atoms with E-state index in [0.29, 0.717) is 0 Å². The van der Waals surface area contributed by atoms with Gasteiger partial charge in [-0.15, -0.1) is 0 Å². The van der Waals surface area contributed by atoms with Crippen LogP contribution in [0.2, 0.25) is 0 Å². The van der Waals surface area contributed by atoms with Crippen molar-refractivity contribution >= 4 is 22.1 Å². The first-order valence-electron chi connectivity index (χ1n) is 5.43. The van der Waals surface area contributed by atoms with Gasteiger partial charge in [0.25, 0.3) is 0 Å². The van der Waals surface area contributed by atoms with E-state index in [9.17, 15) is 0 Å². The van der Waals surface area contributed by atoms with Crippen LogP contribution in [0.4, 0.5) is 11.4 Å². The molecule has 0 unspecified atom stereocenters. The number of fused-ring (bicyclic) bond motifs is 1. The van der Waals surface area contributed by atoms with Crippen molar-refractivity contribution < 1.29 is 0 Å². The monoisotopic (exact) mass is 221 g/mol. The molecular weight excluding hydrogens is 210 g/mol. The van der Waals surface area contributed by atoms with Crippen LogP contribution in [0.5, 0.6) is 0 Å². The molecule has 0 radical (unpaired) electrons. The van der Waals surface area contributed by atoms with E-state index < -0.39 is 0 Å². The van der Waals surface area contributed by atoms with Gasteiger partial charge in [-0.25, -0.2) is 0 Å². The Bertz CT molecular complexity index is 630. The van der Waals surface area contributed by atoms with Gasteiger partial charge in [-0.3, -0.25) is 9.97 Å². The van der Waals surface area contributed by atoms with Crippen molar-refractivity contribution in [1.29, 1.82) is 0 Å². The second-order valence-corrected chi connectivity index (χ2v) is 3.77. The van der Waals surface area contributed by atoms with E-state index in [1.165, 1.54) is 5.39 Å². The Balaban J connectivity index is 2.06. The normalized spacial score (nSPS) is 10.4. The Hall–Kier alpha value is -2.42. The van der Waals surface area contributed by atoms with Crippen molar-refractivity contribution in [3.63, 3.8) is 0 Å². The van der Waals surface area contributed by atoms with E-state index >= 15 is 0 Å². The summed E-state index contributed by atoms with van der Waals surface area (Å²) in [6.45, 7) is 0. The summed E-state index contributed by atoms with van der Waals surface area (Å²) >= 11 is 0. The third-order valence-corrected chi connectivity index (χ3v) is 2.63. The summed E-state index contributed by atoms with van der Waals surface area (Å²) in [5.41, 5.74) is 2.02. The van der Waals surface area contributed by atoms with E-state index in [4.69, 9.17) is 0 Å². The van der Waals surface area contributed by atoms with Crippen molar-refractivity contribution in [3.05, 3.63) is 61.2 Å². The van der Waals surface area contributed by atoms with E-state index in [2.05, 4.69) is 27.4 Å². The summed E-state index contributed by atoms with van der Waals surface area (Å²) < 4.78 is 0. The number of nitrogens with zero attached hydrogens (tertiary/aromatic N) is 2. The van der Waals surface area contributed by atoms with Crippen LogP contribution in [0.1, 0.15) is 0 Å². The highest BCUT2D eigenvalue weighted by molar-refractivity contribution is 5.94. The maximum absolute atomic E-state index is 4.23. The number of benzene rings is 1. The fourth-order valence-electron chi connectivity index (χ4n) is 1.81. The summed E-state index contributed by atoms with van der Waals surface area (Å²) in [5.74, 6) is 0. The van der Waals surface area contributed by atoms with Crippen LogP contribution >= 0.6 is 0 Å². The summed E-state index contributed by atoms with van der Waals surface area (Å²) in [6.07, 6.45) is 7.23. The Labute approximate surface area is 99.2 Å². The first-order valence-corrected chi connectivity index (χ1v) is 5.43. The Kier molecular flexibility index (Phi) is 2.43. The van der Waals surface area contributed by atoms with Crippen LogP contribution in [0.25, 0.3) is 10.8 Å². The minimum Gasteiger partial charge on any atom is -0.354 e. The zero-order valence-electron chi connectivity index (χ0n) is 9.17. The number of nitrogens with one attached hydrogen (secondary N) is 1. The van der Waals surface area contributed by atoms with Crippen molar-refractivity contribution in [2.45, 2.75) is 0 Å². The molecule has 0 aliphatic carbocycles. The molecule has 3 heteroatoms. The predicted octanol–water partition coefficient (Wildman–Crippen LogP) is 3.37. The number of hydrogen-bond acceptors (Lipinski definition) is 3. The van der Waals surface area contributed by atoms with Gasteiger partial charge >= 0.3 is 0 Å². The largest absolute Gasteiger partial charge is 0.354 e. The maximum Gasteiger partial charge on any atom is 0.0650 e. The lowest BCUT2D eigenvalue weighted by atomic mass is 10.1. The molecule has 0 saturated carbocycles. The summed E-state index contributed by atoms with van der Waals surface area (Å²) in [7, 11) is 0. The lowest BCUT2D eigenvalue weighted by Crippen LogP contribution is -1.92. The number of pyridine rings is 2. The molecule has 2 aromatic heterocycles. The van der Waals surface area contributed by atoms with Gasteiger partial charge in [0.05, 0.1) is 11.9 Å². The molecule has 1 N–H and O–H groups in total. The fraction of sp³-hybridized carbons (Fsp3) is 0. The minimum absolute atomic E-state index is 1.01. The number of anilines is 2. The quantitative estimate of drug-likeness (QED) is 0.721. The number of hydrogen-bond donors (Lipinski definition) is 1. The zero-order valence-corrected chi connectivity index (χ0v) is 9.17. The van der Waals surface area contributed by atoms with Gasteiger partial charge < -0.3 is 5.32 Å². The van der Waals surface area contributed by atoms with Crippen molar-refractivity contribution in [2.24, 2.45) is 0 Å². The van der Waals surface area contributed by atoms with Gasteiger partial charge in [0, 0.05) is 35.1 Å². The molecular formula is C14H11N3. The van der Waals surface area contributed by atoms with Crippen LogP contribution in [-0.4, -0.2) is 9.97 Å². The average molecular weight is 221 g/mol. The molecule has 0 aliphatic heterocycles. The molecule has 0 aliphatic rings. The number of aromatic nitrogens is 2. The molecule has 0 amide bonds. The molecule has 0 fully saturated rings. The van der Waals surface area contributed by atoms with Crippen LogP contribution < -0.4 is 5.32 Å². The van der Waals surface area contributed by atoms with Crippen LogP contribution in [0.15, 0.2) is 61.2 Å². The second-order valence-electron chi connectivity index (χ2n) is 3.77. The highest BCUT2D eigenvalue weighted by Crippen LogP contribution is 2.24. The van der Waals surface area contributed by atoms with E-state index in [-0.39, 0.29) is 0 Å². The minimum atomic E-state index is 1.01. The Morgan fingerprint density at radius 1 is 0.824 bits per heavy atom. The zero-order chi connectivity index (χ0) is 11.5. The molecule has 3 aromatic rings. The van der Waals surface area contributed by atoms with Gasteiger partial charge in [-0.1, -0.05) is 24.3 Å². The number of rotatable bonds is 2. The predicted molar refractivity (Wildman–Crippen MR) is 69.3 cm³/mol. The second kappa shape index (κ2) is 4.22. The third kappa shape index (κ3) is 1.95. The van der Waals surface area contributed by atoms with Crippen LogP contribution in [-0.2, 0) is 0 Å². The maximum atomic E-state index is 4.23. The van der Waals surface area contributed by atoms with Gasteiger partial charge in [0.15, 0.2) is 0 Å². The topological polar surface area (TPSA) is 37.8 Å². The molecule has 0 bridgehead atoms. The van der Waals surface area contributed by atoms with Gasteiger partial charge in [-0.2, -0.15) is 0 Å². The van der Waals surface area contributed by atoms with Gasteiger partial charge in [-0.05, 0) is 12.1 Å².